The summed E-state index contributed by atoms with van der Waals surface area (Å²) in [5, 5.41) is 13.6. The Morgan fingerprint density at radius 3 is 1.61 bits per heavy atom. The minimum atomic E-state index is 0.445. The first-order chi connectivity index (χ1) is 28.2. The average molecular weight is 730 g/mol. The number of rotatable bonds is 8. The lowest BCUT2D eigenvalue weighted by Crippen LogP contribution is -2.01. The summed E-state index contributed by atoms with van der Waals surface area (Å²) in [5.74, 6) is 1.78. The Bertz CT molecular complexity index is 3080. The Hall–Kier alpha value is -7.76. The van der Waals surface area contributed by atoms with Crippen molar-refractivity contribution in [2.75, 3.05) is 0 Å². The van der Waals surface area contributed by atoms with Crippen molar-refractivity contribution in [3.63, 3.8) is 0 Å². The van der Waals surface area contributed by atoms with Gasteiger partial charge in [-0.2, -0.15) is 0 Å². The summed E-state index contributed by atoms with van der Waals surface area (Å²) >= 11 is 0. The number of nitrogens with one attached hydrogen (secondary N) is 1. The van der Waals surface area contributed by atoms with Crippen LogP contribution in [0.4, 0.5) is 0 Å². The Balaban J connectivity index is 1.14. The number of allylic oxidation sites excluding steroid dienone is 1. The molecule has 268 valence electrons. The summed E-state index contributed by atoms with van der Waals surface area (Å²) in [6.45, 7) is 0. The molecule has 1 N–H and O–H groups in total. The molecular weight excluding hydrogens is 695 g/mol. The molecule has 0 spiro atoms. The molecule has 0 fully saturated rings. The first kappa shape index (κ1) is 33.8. The molecule has 8 aromatic carbocycles. The molecule has 10 rings (SSSR count). The van der Waals surface area contributed by atoms with E-state index < -0.39 is 0 Å². The van der Waals surface area contributed by atoms with Gasteiger partial charge in [0, 0.05) is 33.2 Å². The van der Waals surface area contributed by atoms with Crippen LogP contribution in [-0.2, 0) is 0 Å². The van der Waals surface area contributed by atoms with Crippen LogP contribution in [0.1, 0.15) is 16.7 Å². The fourth-order valence-electron chi connectivity index (χ4n) is 7.76. The van der Waals surface area contributed by atoms with Gasteiger partial charge >= 0.3 is 0 Å². The molecule has 57 heavy (non-hydrogen) atoms. The fourth-order valence-corrected chi connectivity index (χ4v) is 7.76. The summed E-state index contributed by atoms with van der Waals surface area (Å²) in [4.78, 5) is 15.4. The smallest absolute Gasteiger partial charge is 0.164 e. The first-order valence-electron chi connectivity index (χ1n) is 19.0. The van der Waals surface area contributed by atoms with E-state index in [4.69, 9.17) is 20.4 Å². The number of nitrogens with zero attached hydrogens (tertiary/aromatic N) is 4. The zero-order chi connectivity index (χ0) is 38.1. The molecule has 5 nitrogen and oxygen atoms in total. The van der Waals surface area contributed by atoms with Gasteiger partial charge in [0.25, 0.3) is 0 Å². The standard InChI is InChI=1S/C52H35N5/c53-47(37-18-6-2-7-19-37)34-46(35-16-4-1-5-17-35)42-27-15-22-36-30-31-40(33-45(36)42)52-55-50(38-20-8-3-9-21-38)54-51(56-52)39-23-14-24-41(32-39)57-48-28-12-10-25-43(48)44-26-11-13-29-49(44)57/h1-34,53H/b46-34-,53-47?. The Labute approximate surface area is 330 Å². The van der Waals surface area contributed by atoms with Crippen LogP contribution in [-0.4, -0.2) is 25.2 Å². The Morgan fingerprint density at radius 2 is 0.947 bits per heavy atom. The van der Waals surface area contributed by atoms with Crippen molar-refractivity contribution < 1.29 is 0 Å². The van der Waals surface area contributed by atoms with Crippen LogP contribution < -0.4 is 0 Å². The zero-order valence-corrected chi connectivity index (χ0v) is 30.9. The molecule has 2 aromatic heterocycles. The van der Waals surface area contributed by atoms with Crippen LogP contribution in [0.2, 0.25) is 0 Å². The van der Waals surface area contributed by atoms with E-state index in [9.17, 15) is 0 Å². The van der Waals surface area contributed by atoms with Gasteiger partial charge < -0.3 is 9.98 Å². The lowest BCUT2D eigenvalue weighted by molar-refractivity contribution is 1.07. The maximum absolute atomic E-state index is 9.09. The lowest BCUT2D eigenvalue weighted by atomic mass is 9.90. The molecule has 0 bridgehead atoms. The monoisotopic (exact) mass is 729 g/mol. The molecule has 2 heterocycles. The molecule has 0 radical (unpaired) electrons. The van der Waals surface area contributed by atoms with Gasteiger partial charge in [-0.3, -0.25) is 0 Å². The molecule has 0 aliphatic carbocycles. The minimum absolute atomic E-state index is 0.445. The molecule has 0 saturated heterocycles. The van der Waals surface area contributed by atoms with Crippen molar-refractivity contribution in [2.24, 2.45) is 0 Å². The number of para-hydroxylation sites is 2. The predicted octanol–water partition coefficient (Wildman–Crippen LogP) is 12.6. The summed E-state index contributed by atoms with van der Waals surface area (Å²) < 4.78 is 2.31. The van der Waals surface area contributed by atoms with Gasteiger partial charge in [-0.05, 0) is 69.4 Å². The van der Waals surface area contributed by atoms with Crippen LogP contribution in [0.3, 0.4) is 0 Å². The first-order valence-corrected chi connectivity index (χ1v) is 19.0. The van der Waals surface area contributed by atoms with Crippen LogP contribution in [0, 0.1) is 5.41 Å². The largest absolute Gasteiger partial charge is 0.309 e. The average Bonchev–Trinajstić information content (AvgIpc) is 3.63. The Kier molecular flexibility index (Phi) is 8.58. The summed E-state index contributed by atoms with van der Waals surface area (Å²) in [6, 6.07) is 68.6. The third-order valence-electron chi connectivity index (χ3n) is 10.5. The highest BCUT2D eigenvalue weighted by molar-refractivity contribution is 6.14. The highest BCUT2D eigenvalue weighted by atomic mass is 15.0. The van der Waals surface area contributed by atoms with Gasteiger partial charge in [0.05, 0.1) is 16.7 Å². The molecular formula is C52H35N5. The van der Waals surface area contributed by atoms with Gasteiger partial charge in [-0.1, -0.05) is 170 Å². The Morgan fingerprint density at radius 1 is 0.421 bits per heavy atom. The SMILES string of the molecule is N=C(/C=C(/c1ccccc1)c1cccc2ccc(-c3nc(-c4ccccc4)nc(-c4cccc(-n5c6ccccc6c6ccccc65)c4)n3)cc12)c1ccccc1. The molecule has 0 aliphatic heterocycles. The third kappa shape index (κ3) is 6.37. The quantitative estimate of drug-likeness (QED) is 0.158. The normalized spacial score (nSPS) is 11.7. The van der Waals surface area contributed by atoms with Crippen molar-refractivity contribution in [3.05, 3.63) is 223 Å². The molecule has 0 amide bonds. The van der Waals surface area contributed by atoms with E-state index in [1.54, 1.807) is 0 Å². The van der Waals surface area contributed by atoms with E-state index in [2.05, 4.69) is 126 Å². The zero-order valence-electron chi connectivity index (χ0n) is 30.9. The number of fused-ring (bicyclic) bond motifs is 4. The minimum Gasteiger partial charge on any atom is -0.309 e. The van der Waals surface area contributed by atoms with Crippen LogP contribution in [0.25, 0.3) is 78.0 Å². The van der Waals surface area contributed by atoms with Crippen molar-refractivity contribution >= 4 is 43.9 Å². The van der Waals surface area contributed by atoms with Gasteiger partial charge in [-0.15, -0.1) is 0 Å². The maximum Gasteiger partial charge on any atom is 0.164 e. The van der Waals surface area contributed by atoms with Crippen LogP contribution in [0.15, 0.2) is 206 Å². The third-order valence-corrected chi connectivity index (χ3v) is 10.5. The van der Waals surface area contributed by atoms with E-state index in [0.29, 0.717) is 23.2 Å². The highest BCUT2D eigenvalue weighted by Crippen LogP contribution is 2.36. The molecule has 10 aromatic rings. The fraction of sp³-hybridized carbons (Fsp3) is 0. The highest BCUT2D eigenvalue weighted by Gasteiger charge is 2.17. The van der Waals surface area contributed by atoms with E-state index in [1.807, 2.05) is 84.9 Å². The van der Waals surface area contributed by atoms with Gasteiger partial charge in [0.1, 0.15) is 0 Å². The lowest BCUT2D eigenvalue weighted by Gasteiger charge is -2.14. The number of hydrogen-bond acceptors (Lipinski definition) is 4. The van der Waals surface area contributed by atoms with Crippen molar-refractivity contribution in [1.29, 1.82) is 5.41 Å². The van der Waals surface area contributed by atoms with E-state index in [-0.39, 0.29) is 0 Å². The van der Waals surface area contributed by atoms with Crippen molar-refractivity contribution in [3.8, 4) is 39.9 Å². The van der Waals surface area contributed by atoms with Crippen molar-refractivity contribution in [1.82, 2.24) is 19.5 Å². The topological polar surface area (TPSA) is 67.5 Å². The number of hydrogen-bond donors (Lipinski definition) is 1. The van der Waals surface area contributed by atoms with Crippen LogP contribution in [0.5, 0.6) is 0 Å². The second-order valence-corrected chi connectivity index (χ2v) is 14.0. The van der Waals surface area contributed by atoms with Gasteiger partial charge in [0.15, 0.2) is 17.5 Å². The molecule has 0 unspecified atom stereocenters. The molecule has 5 heteroatoms. The second-order valence-electron chi connectivity index (χ2n) is 14.0. The molecule has 0 aliphatic rings. The second kappa shape index (κ2) is 14.5. The maximum atomic E-state index is 9.09. The van der Waals surface area contributed by atoms with E-state index in [1.165, 1.54) is 10.8 Å². The molecule has 0 atom stereocenters. The van der Waals surface area contributed by atoms with E-state index >= 15 is 0 Å². The summed E-state index contributed by atoms with van der Waals surface area (Å²) in [5.41, 5.74) is 10.3. The number of aromatic nitrogens is 4. The predicted molar refractivity (Wildman–Crippen MR) is 235 cm³/mol. The van der Waals surface area contributed by atoms with Crippen molar-refractivity contribution in [2.45, 2.75) is 0 Å². The van der Waals surface area contributed by atoms with E-state index in [0.717, 1.165) is 66.4 Å². The van der Waals surface area contributed by atoms with Crippen LogP contribution >= 0.6 is 0 Å². The number of benzene rings is 8. The van der Waals surface area contributed by atoms with Gasteiger partial charge in [-0.25, -0.2) is 15.0 Å². The summed E-state index contributed by atoms with van der Waals surface area (Å²) in [6.07, 6.45) is 1.98. The molecule has 0 saturated carbocycles. The summed E-state index contributed by atoms with van der Waals surface area (Å²) in [7, 11) is 0. The van der Waals surface area contributed by atoms with Gasteiger partial charge in [0.2, 0.25) is 0 Å².